The van der Waals surface area contributed by atoms with Crippen LogP contribution in [0.15, 0.2) is 59.4 Å². The van der Waals surface area contributed by atoms with Crippen molar-refractivity contribution in [3.8, 4) is 0 Å². The summed E-state index contributed by atoms with van der Waals surface area (Å²) in [4.78, 5) is 18.0. The molecule has 1 aliphatic rings. The van der Waals surface area contributed by atoms with E-state index in [4.69, 9.17) is 12.2 Å². The lowest BCUT2D eigenvalue weighted by atomic mass is 10.1. The van der Waals surface area contributed by atoms with Crippen molar-refractivity contribution in [2.24, 2.45) is 0 Å². The first-order valence-corrected chi connectivity index (χ1v) is 10.7. The first kappa shape index (κ1) is 19.6. The minimum Gasteiger partial charge on any atom is -0.358 e. The normalized spacial score (nSPS) is 14.2. The summed E-state index contributed by atoms with van der Waals surface area (Å²) in [6, 6.07) is 18.8. The zero-order valence-electron chi connectivity index (χ0n) is 16.8. The molecule has 0 bridgehead atoms. The van der Waals surface area contributed by atoms with E-state index < -0.39 is 0 Å². The van der Waals surface area contributed by atoms with Gasteiger partial charge in [-0.1, -0.05) is 55.3 Å². The molecule has 3 aromatic rings. The van der Waals surface area contributed by atoms with Crippen molar-refractivity contribution in [3.05, 3.63) is 81.6 Å². The summed E-state index contributed by atoms with van der Waals surface area (Å²) in [5.74, 6) is 0. The van der Waals surface area contributed by atoms with Crippen molar-refractivity contribution < 1.29 is 0 Å². The number of hydrogen-bond acceptors (Lipinski definition) is 2. The Labute approximate surface area is 176 Å². The van der Waals surface area contributed by atoms with Crippen LogP contribution in [-0.4, -0.2) is 21.0 Å². The fraction of sp³-hybridized carbons (Fsp3) is 0.333. The molecule has 1 heterocycles. The highest BCUT2D eigenvalue weighted by atomic mass is 32.1. The van der Waals surface area contributed by atoms with Gasteiger partial charge in [-0.05, 0) is 60.6 Å². The smallest absolute Gasteiger partial charge is 0.253 e. The number of aromatic amines is 1. The van der Waals surface area contributed by atoms with E-state index in [0.29, 0.717) is 19.1 Å². The van der Waals surface area contributed by atoms with Crippen LogP contribution in [0.3, 0.4) is 0 Å². The van der Waals surface area contributed by atoms with E-state index in [-0.39, 0.29) is 5.56 Å². The van der Waals surface area contributed by atoms with Crippen molar-refractivity contribution in [3.63, 3.8) is 0 Å². The van der Waals surface area contributed by atoms with Gasteiger partial charge >= 0.3 is 0 Å². The second-order valence-corrected chi connectivity index (χ2v) is 8.31. The van der Waals surface area contributed by atoms with Crippen LogP contribution in [0, 0.1) is 6.92 Å². The molecule has 5 heteroatoms. The number of hydrogen-bond donors (Lipinski definition) is 2. The number of nitrogens with zero attached hydrogens (tertiary/aromatic N) is 1. The summed E-state index contributed by atoms with van der Waals surface area (Å²) in [5, 5.41) is 5.19. The Kier molecular flexibility index (Phi) is 5.95. The maximum absolute atomic E-state index is 12.8. The molecule has 0 radical (unpaired) electrons. The summed E-state index contributed by atoms with van der Waals surface area (Å²) in [6.07, 6.45) is 4.68. The number of pyridine rings is 1. The molecule has 2 N–H and O–H groups in total. The molecule has 0 aliphatic heterocycles. The highest BCUT2D eigenvalue weighted by Crippen LogP contribution is 2.25. The number of benzene rings is 2. The van der Waals surface area contributed by atoms with Crippen molar-refractivity contribution >= 4 is 28.2 Å². The second-order valence-electron chi connectivity index (χ2n) is 7.92. The van der Waals surface area contributed by atoms with E-state index in [9.17, 15) is 4.79 Å². The lowest BCUT2D eigenvalue weighted by molar-refractivity contribution is 0.302. The molecule has 2 aromatic carbocycles. The van der Waals surface area contributed by atoms with Crippen molar-refractivity contribution in [1.82, 2.24) is 15.2 Å². The van der Waals surface area contributed by atoms with E-state index >= 15 is 0 Å². The van der Waals surface area contributed by atoms with Crippen LogP contribution in [-0.2, 0) is 13.1 Å². The molecular weight excluding hydrogens is 378 g/mol. The zero-order chi connectivity index (χ0) is 20.2. The average molecular weight is 406 g/mol. The predicted octanol–water partition coefficient (Wildman–Crippen LogP) is 4.66. The number of aromatic nitrogens is 1. The summed E-state index contributed by atoms with van der Waals surface area (Å²) < 4.78 is 0. The number of H-pyrrole nitrogens is 1. The van der Waals surface area contributed by atoms with Gasteiger partial charge in [-0.2, -0.15) is 0 Å². The largest absolute Gasteiger partial charge is 0.358 e. The van der Waals surface area contributed by atoms with E-state index in [1.165, 1.54) is 18.4 Å². The van der Waals surface area contributed by atoms with Crippen LogP contribution in [0.2, 0.25) is 0 Å². The Hall–Kier alpha value is -2.66. The molecule has 0 atom stereocenters. The van der Waals surface area contributed by atoms with Gasteiger partial charge in [0.15, 0.2) is 5.11 Å². The highest BCUT2D eigenvalue weighted by molar-refractivity contribution is 7.80. The quantitative estimate of drug-likeness (QED) is 0.607. The Morgan fingerprint density at radius 2 is 1.90 bits per heavy atom. The molecule has 0 saturated heterocycles. The van der Waals surface area contributed by atoms with E-state index in [1.54, 1.807) is 0 Å². The zero-order valence-corrected chi connectivity index (χ0v) is 17.6. The molecule has 0 amide bonds. The number of aryl methyl sites for hydroxylation is 1. The van der Waals surface area contributed by atoms with Gasteiger partial charge in [-0.3, -0.25) is 4.79 Å². The maximum atomic E-state index is 12.8. The number of nitrogens with one attached hydrogen (secondary N) is 2. The van der Waals surface area contributed by atoms with Crippen molar-refractivity contribution in [2.45, 2.75) is 51.7 Å². The Balaban J connectivity index is 1.56. The Morgan fingerprint density at radius 3 is 2.66 bits per heavy atom. The van der Waals surface area contributed by atoms with Gasteiger partial charge in [0.2, 0.25) is 0 Å². The molecule has 0 spiro atoms. The molecule has 4 nitrogen and oxygen atoms in total. The third-order valence-electron chi connectivity index (χ3n) is 5.73. The molecular formula is C24H27N3OS. The number of fused-ring (bicyclic) bond motifs is 1. The Morgan fingerprint density at radius 1 is 1.14 bits per heavy atom. The first-order chi connectivity index (χ1) is 14.1. The first-order valence-electron chi connectivity index (χ1n) is 10.3. The third-order valence-corrected chi connectivity index (χ3v) is 6.11. The third kappa shape index (κ3) is 4.67. The molecule has 1 aliphatic carbocycles. The predicted molar refractivity (Wildman–Crippen MR) is 123 cm³/mol. The molecule has 1 aromatic heterocycles. The minimum atomic E-state index is -0.0306. The van der Waals surface area contributed by atoms with Crippen LogP contribution in [0.1, 0.15) is 42.4 Å². The van der Waals surface area contributed by atoms with Crippen LogP contribution in [0.25, 0.3) is 10.9 Å². The van der Waals surface area contributed by atoms with Gasteiger partial charge in [-0.25, -0.2) is 0 Å². The van der Waals surface area contributed by atoms with Gasteiger partial charge in [0.25, 0.3) is 5.56 Å². The van der Waals surface area contributed by atoms with Crippen molar-refractivity contribution in [1.29, 1.82) is 0 Å². The van der Waals surface area contributed by atoms with Crippen molar-refractivity contribution in [2.75, 3.05) is 0 Å². The van der Waals surface area contributed by atoms with Gasteiger partial charge < -0.3 is 15.2 Å². The van der Waals surface area contributed by atoms with E-state index in [2.05, 4.69) is 39.5 Å². The SMILES string of the molecule is Cc1ccc2cc(CN(C(=S)NCc3ccccc3)C3CCCC3)c(=O)[nH]c2c1. The standard InChI is InChI=1S/C24H27N3OS/c1-17-11-12-19-14-20(23(28)26-22(19)13-17)16-27(21-9-5-6-10-21)24(29)25-15-18-7-3-2-4-8-18/h2-4,7-8,11-14,21H,5-6,9-10,15-16H2,1H3,(H,25,29)(H,26,28). The monoisotopic (exact) mass is 405 g/mol. The second kappa shape index (κ2) is 8.78. The molecule has 1 saturated carbocycles. The maximum Gasteiger partial charge on any atom is 0.253 e. The lowest BCUT2D eigenvalue weighted by Gasteiger charge is -2.31. The van der Waals surface area contributed by atoms with Gasteiger partial charge in [0.1, 0.15) is 0 Å². The minimum absolute atomic E-state index is 0.0306. The summed E-state index contributed by atoms with van der Waals surface area (Å²) in [7, 11) is 0. The van der Waals surface area contributed by atoms with Crippen LogP contribution >= 0.6 is 12.2 Å². The molecule has 29 heavy (non-hydrogen) atoms. The molecule has 4 rings (SSSR count). The fourth-order valence-electron chi connectivity index (χ4n) is 4.12. The summed E-state index contributed by atoms with van der Waals surface area (Å²) in [5.41, 5.74) is 3.95. The Bertz CT molecular complexity index is 1050. The number of rotatable bonds is 5. The fourth-order valence-corrected chi connectivity index (χ4v) is 4.40. The van der Waals surface area contributed by atoms with E-state index in [1.807, 2.05) is 37.3 Å². The van der Waals surface area contributed by atoms with Crippen LogP contribution in [0.4, 0.5) is 0 Å². The number of thiocarbonyl (C=S) groups is 1. The molecule has 1 fully saturated rings. The lowest BCUT2D eigenvalue weighted by Crippen LogP contribution is -2.45. The van der Waals surface area contributed by atoms with Crippen LogP contribution in [0.5, 0.6) is 0 Å². The summed E-state index contributed by atoms with van der Waals surface area (Å²) in [6.45, 7) is 3.25. The molecule has 150 valence electrons. The van der Waals surface area contributed by atoms with Gasteiger partial charge in [0.05, 0.1) is 6.54 Å². The highest BCUT2D eigenvalue weighted by Gasteiger charge is 2.25. The van der Waals surface area contributed by atoms with Gasteiger partial charge in [0, 0.05) is 23.7 Å². The summed E-state index contributed by atoms with van der Waals surface area (Å²) >= 11 is 5.77. The van der Waals surface area contributed by atoms with Gasteiger partial charge in [-0.15, -0.1) is 0 Å². The topological polar surface area (TPSA) is 48.1 Å². The van der Waals surface area contributed by atoms with Crippen LogP contribution < -0.4 is 10.9 Å². The average Bonchev–Trinajstić information content (AvgIpc) is 3.25. The molecule has 0 unspecified atom stereocenters. The van der Waals surface area contributed by atoms with E-state index in [0.717, 1.165) is 40.0 Å².